The molecule has 0 radical (unpaired) electrons. The van der Waals surface area contributed by atoms with E-state index in [4.69, 9.17) is 5.73 Å². The molecular formula is C15H14N4O3S. The molecule has 118 valence electrons. The minimum atomic E-state index is -0.558. The summed E-state index contributed by atoms with van der Waals surface area (Å²) >= 11 is 1.31. The highest BCUT2D eigenvalue weighted by Gasteiger charge is 2.12. The predicted molar refractivity (Wildman–Crippen MR) is 91.7 cm³/mol. The zero-order valence-electron chi connectivity index (χ0n) is 12.0. The van der Waals surface area contributed by atoms with Gasteiger partial charge in [0.25, 0.3) is 5.69 Å². The number of hydrogen-bond acceptors (Lipinski definition) is 6. The molecule has 0 aliphatic heterocycles. The predicted octanol–water partition coefficient (Wildman–Crippen LogP) is 2.88. The molecule has 0 aromatic heterocycles. The summed E-state index contributed by atoms with van der Waals surface area (Å²) in [5.41, 5.74) is 6.81. The van der Waals surface area contributed by atoms with Gasteiger partial charge < -0.3 is 10.8 Å². The van der Waals surface area contributed by atoms with Crippen molar-refractivity contribution in [1.29, 1.82) is 0 Å². The van der Waals surface area contributed by atoms with E-state index in [2.05, 4.69) is 10.2 Å². The summed E-state index contributed by atoms with van der Waals surface area (Å²) in [7, 11) is 0. The number of benzene rings is 2. The lowest BCUT2D eigenvalue weighted by molar-refractivity contribution is -0.385. The van der Waals surface area contributed by atoms with Gasteiger partial charge in [-0.3, -0.25) is 10.1 Å². The zero-order valence-corrected chi connectivity index (χ0v) is 12.8. The lowest BCUT2D eigenvalue weighted by Gasteiger charge is -1.99. The highest BCUT2D eigenvalue weighted by atomic mass is 32.2. The third kappa shape index (κ3) is 5.11. The molecule has 0 amide bonds. The van der Waals surface area contributed by atoms with Crippen LogP contribution in [0.1, 0.15) is 11.1 Å². The molecule has 2 aromatic carbocycles. The lowest BCUT2D eigenvalue weighted by Crippen LogP contribution is -2.06. The second kappa shape index (κ2) is 7.95. The molecule has 0 saturated carbocycles. The molecule has 0 aliphatic rings. The number of phenolic OH excluding ortho intramolecular Hbond substituents is 1. The molecule has 3 N–H and O–H groups in total. The number of nitrogens with zero attached hydrogens (tertiary/aromatic N) is 3. The van der Waals surface area contributed by atoms with Crippen molar-refractivity contribution in [2.75, 3.05) is 0 Å². The molecule has 0 atom stereocenters. The first-order valence-electron chi connectivity index (χ1n) is 6.57. The number of nitro benzene ring substituents is 1. The molecule has 0 spiro atoms. The molecule has 2 rings (SSSR count). The highest BCUT2D eigenvalue weighted by Crippen LogP contribution is 2.21. The second-order valence-electron chi connectivity index (χ2n) is 4.46. The van der Waals surface area contributed by atoms with Crippen LogP contribution >= 0.6 is 11.8 Å². The van der Waals surface area contributed by atoms with E-state index in [1.807, 2.05) is 30.3 Å². The van der Waals surface area contributed by atoms with Crippen molar-refractivity contribution in [3.05, 3.63) is 69.8 Å². The van der Waals surface area contributed by atoms with Gasteiger partial charge in [-0.1, -0.05) is 42.1 Å². The highest BCUT2D eigenvalue weighted by molar-refractivity contribution is 8.13. The molecule has 8 heteroatoms. The van der Waals surface area contributed by atoms with Gasteiger partial charge in [0.05, 0.1) is 16.7 Å². The Morgan fingerprint density at radius 2 is 2.04 bits per heavy atom. The number of phenols is 1. The molecule has 23 heavy (non-hydrogen) atoms. The average Bonchev–Trinajstić information content (AvgIpc) is 2.54. The third-order valence-electron chi connectivity index (χ3n) is 2.79. The van der Waals surface area contributed by atoms with Gasteiger partial charge in [-0.2, -0.15) is 5.10 Å². The Hall–Kier alpha value is -2.87. The van der Waals surface area contributed by atoms with E-state index in [0.717, 1.165) is 5.56 Å². The van der Waals surface area contributed by atoms with Crippen LogP contribution in [0.5, 0.6) is 5.75 Å². The monoisotopic (exact) mass is 330 g/mol. The molecule has 2 aromatic rings. The molecule has 0 aliphatic carbocycles. The molecule has 0 fully saturated rings. The number of aromatic hydroxyl groups is 1. The Kier molecular flexibility index (Phi) is 5.70. The van der Waals surface area contributed by atoms with Gasteiger partial charge in [-0.15, -0.1) is 5.10 Å². The Balaban J connectivity index is 2.02. The van der Waals surface area contributed by atoms with Crippen molar-refractivity contribution >= 4 is 28.8 Å². The molecule has 0 saturated heterocycles. The van der Waals surface area contributed by atoms with Crippen molar-refractivity contribution < 1.29 is 10.0 Å². The van der Waals surface area contributed by atoms with E-state index in [0.29, 0.717) is 5.75 Å². The molecule has 7 nitrogen and oxygen atoms in total. The van der Waals surface area contributed by atoms with Crippen molar-refractivity contribution in [3.8, 4) is 5.75 Å². The summed E-state index contributed by atoms with van der Waals surface area (Å²) in [6.45, 7) is 0. The van der Waals surface area contributed by atoms with Gasteiger partial charge in [0.15, 0.2) is 5.17 Å². The largest absolute Gasteiger partial charge is 0.508 e. The number of amidine groups is 1. The molecule has 0 unspecified atom stereocenters. The Labute approximate surface area is 136 Å². The van der Waals surface area contributed by atoms with E-state index >= 15 is 0 Å². The van der Waals surface area contributed by atoms with E-state index < -0.39 is 4.92 Å². The van der Waals surface area contributed by atoms with Gasteiger partial charge in [0.1, 0.15) is 5.75 Å². The lowest BCUT2D eigenvalue weighted by atomic mass is 10.2. The molecule has 0 heterocycles. The van der Waals surface area contributed by atoms with Crippen LogP contribution in [0.25, 0.3) is 0 Å². The minimum absolute atomic E-state index is 0.0903. The van der Waals surface area contributed by atoms with Crippen LogP contribution in [0.4, 0.5) is 5.69 Å². The topological polar surface area (TPSA) is 114 Å². The van der Waals surface area contributed by atoms with Gasteiger partial charge >= 0.3 is 0 Å². The number of nitrogens with two attached hydrogens (primary N) is 1. The smallest absolute Gasteiger partial charge is 0.278 e. The van der Waals surface area contributed by atoms with Crippen LogP contribution in [0.15, 0.2) is 58.7 Å². The summed E-state index contributed by atoms with van der Waals surface area (Å²) in [5, 5.41) is 28.0. The average molecular weight is 330 g/mol. The van der Waals surface area contributed by atoms with Crippen molar-refractivity contribution in [2.45, 2.75) is 5.75 Å². The Morgan fingerprint density at radius 3 is 2.74 bits per heavy atom. The quantitative estimate of drug-likeness (QED) is 0.378. The first kappa shape index (κ1) is 16.5. The van der Waals surface area contributed by atoms with Gasteiger partial charge in [0, 0.05) is 11.8 Å². The number of hydrogen-bond donors (Lipinski definition) is 2. The summed E-state index contributed by atoms with van der Waals surface area (Å²) in [5.74, 6) is 0.560. The van der Waals surface area contributed by atoms with Crippen molar-refractivity contribution in [1.82, 2.24) is 0 Å². The number of thioether (sulfide) groups is 1. The SMILES string of the molecule is NC(=NN=Cc1cc(O)ccc1[N+](=O)[O-])SCc1ccccc1. The van der Waals surface area contributed by atoms with Crippen LogP contribution in [-0.2, 0) is 5.75 Å². The molecule has 0 bridgehead atoms. The standard InChI is InChI=1S/C15H14N4O3S/c16-15(23-10-11-4-2-1-3-5-11)18-17-9-12-8-13(20)6-7-14(12)19(21)22/h1-9,20H,10H2,(H2,16,18). The van der Waals surface area contributed by atoms with E-state index in [1.165, 1.54) is 36.2 Å². The van der Waals surface area contributed by atoms with E-state index in [1.54, 1.807) is 0 Å². The Morgan fingerprint density at radius 1 is 1.30 bits per heavy atom. The fourth-order valence-corrected chi connectivity index (χ4v) is 2.33. The van der Waals surface area contributed by atoms with Gasteiger partial charge in [-0.05, 0) is 17.7 Å². The first-order valence-corrected chi connectivity index (χ1v) is 7.55. The van der Waals surface area contributed by atoms with Gasteiger partial charge in [0.2, 0.25) is 0 Å². The first-order chi connectivity index (χ1) is 11.1. The number of nitro groups is 1. The van der Waals surface area contributed by atoms with Gasteiger partial charge in [-0.25, -0.2) is 0 Å². The summed E-state index contributed by atoms with van der Waals surface area (Å²) in [4.78, 5) is 10.3. The fraction of sp³-hybridized carbons (Fsp3) is 0.0667. The third-order valence-corrected chi connectivity index (χ3v) is 3.65. The zero-order chi connectivity index (χ0) is 16.7. The van der Waals surface area contributed by atoms with Crippen molar-refractivity contribution in [3.63, 3.8) is 0 Å². The van der Waals surface area contributed by atoms with Crippen LogP contribution in [0.3, 0.4) is 0 Å². The summed E-state index contributed by atoms with van der Waals surface area (Å²) < 4.78 is 0. The maximum absolute atomic E-state index is 10.9. The fourth-order valence-electron chi connectivity index (χ4n) is 1.72. The number of rotatable bonds is 5. The second-order valence-corrected chi connectivity index (χ2v) is 5.45. The van der Waals surface area contributed by atoms with Crippen LogP contribution in [0, 0.1) is 10.1 Å². The van der Waals surface area contributed by atoms with E-state index in [9.17, 15) is 15.2 Å². The Bertz CT molecular complexity index is 748. The van der Waals surface area contributed by atoms with E-state index in [-0.39, 0.29) is 22.2 Å². The van der Waals surface area contributed by atoms with Crippen LogP contribution < -0.4 is 5.73 Å². The maximum atomic E-state index is 10.9. The minimum Gasteiger partial charge on any atom is -0.508 e. The van der Waals surface area contributed by atoms with Crippen LogP contribution in [-0.4, -0.2) is 21.4 Å². The summed E-state index contributed by atoms with van der Waals surface area (Å²) in [6.07, 6.45) is 1.19. The normalized spacial score (nSPS) is 11.7. The molecular weight excluding hydrogens is 316 g/mol. The van der Waals surface area contributed by atoms with Crippen molar-refractivity contribution in [2.24, 2.45) is 15.9 Å². The van der Waals surface area contributed by atoms with Crippen LogP contribution in [0.2, 0.25) is 0 Å². The maximum Gasteiger partial charge on any atom is 0.278 e. The summed E-state index contributed by atoms with van der Waals surface area (Å²) in [6, 6.07) is 13.4.